The van der Waals surface area contributed by atoms with Crippen LogP contribution in [-0.2, 0) is 4.79 Å². The normalized spacial score (nSPS) is 12.2. The van der Waals surface area contributed by atoms with Gasteiger partial charge in [-0.3, -0.25) is 4.79 Å². The zero-order chi connectivity index (χ0) is 12.1. The summed E-state index contributed by atoms with van der Waals surface area (Å²) in [6.07, 6.45) is 0.206. The first-order chi connectivity index (χ1) is 7.49. The molecule has 0 bridgehead atoms. The summed E-state index contributed by atoms with van der Waals surface area (Å²) in [6, 6.07) is 6.23. The Hall–Kier alpha value is -1.51. The Balaban J connectivity index is 2.54. The monoisotopic (exact) mass is 221 g/mol. The van der Waals surface area contributed by atoms with Gasteiger partial charge in [-0.2, -0.15) is 0 Å². The Bertz CT molecular complexity index is 374. The van der Waals surface area contributed by atoms with Crippen LogP contribution < -0.4 is 5.32 Å². The van der Waals surface area contributed by atoms with Crippen molar-refractivity contribution in [3.63, 3.8) is 0 Å². The molecule has 3 heteroatoms. The third-order valence-corrected chi connectivity index (χ3v) is 2.56. The highest BCUT2D eigenvalue weighted by molar-refractivity contribution is 5.67. The van der Waals surface area contributed by atoms with E-state index >= 15 is 0 Å². The highest BCUT2D eigenvalue weighted by Gasteiger charge is 2.07. The van der Waals surface area contributed by atoms with Gasteiger partial charge in [-0.25, -0.2) is 0 Å². The summed E-state index contributed by atoms with van der Waals surface area (Å²) >= 11 is 0. The molecule has 0 spiro atoms. The largest absolute Gasteiger partial charge is 0.481 e. The molecule has 0 aliphatic rings. The number of carbonyl (C=O) groups is 1. The summed E-state index contributed by atoms with van der Waals surface area (Å²) in [5.41, 5.74) is 3.49. The van der Waals surface area contributed by atoms with Gasteiger partial charge in [0.1, 0.15) is 0 Å². The molecule has 0 aliphatic carbocycles. The molecule has 0 heterocycles. The summed E-state index contributed by atoms with van der Waals surface area (Å²) in [4.78, 5) is 10.5. The summed E-state index contributed by atoms with van der Waals surface area (Å²) in [5.74, 6) is -0.604. The Morgan fingerprint density at radius 1 is 1.44 bits per heavy atom. The molecule has 0 aliphatic heterocycles. The van der Waals surface area contributed by atoms with E-state index in [1.54, 1.807) is 0 Å². The van der Waals surface area contributed by atoms with E-state index in [1.807, 2.05) is 20.8 Å². The fourth-order valence-corrected chi connectivity index (χ4v) is 1.58. The number of hydrogen-bond acceptors (Lipinski definition) is 2. The molecular formula is C13H19NO2. The van der Waals surface area contributed by atoms with E-state index in [-0.39, 0.29) is 12.3 Å². The van der Waals surface area contributed by atoms with Crippen LogP contribution in [0.25, 0.3) is 0 Å². The maximum Gasteiger partial charge on any atom is 0.303 e. The van der Waals surface area contributed by atoms with Crippen LogP contribution in [0.4, 0.5) is 5.69 Å². The van der Waals surface area contributed by atoms with Crippen molar-refractivity contribution in [2.45, 2.75) is 27.2 Å². The molecule has 1 rings (SSSR count). The molecule has 16 heavy (non-hydrogen) atoms. The van der Waals surface area contributed by atoms with Crippen molar-refractivity contribution >= 4 is 11.7 Å². The standard InChI is InChI=1S/C13H19NO2/c1-9-4-5-11(3)12(6-9)14-8-10(2)7-13(15)16/h4-6,10,14H,7-8H2,1-3H3,(H,15,16). The lowest BCUT2D eigenvalue weighted by atomic mass is 10.1. The summed E-state index contributed by atoms with van der Waals surface area (Å²) in [6.45, 7) is 6.72. The molecule has 3 nitrogen and oxygen atoms in total. The maximum atomic E-state index is 10.5. The van der Waals surface area contributed by atoms with Gasteiger partial charge in [-0.15, -0.1) is 0 Å². The Labute approximate surface area is 96.5 Å². The third kappa shape index (κ3) is 3.93. The number of nitrogens with one attached hydrogen (secondary N) is 1. The molecule has 2 N–H and O–H groups in total. The molecule has 1 unspecified atom stereocenters. The molecule has 0 saturated heterocycles. The molecule has 1 atom stereocenters. The van der Waals surface area contributed by atoms with Crippen molar-refractivity contribution in [3.8, 4) is 0 Å². The van der Waals surface area contributed by atoms with Crippen LogP contribution in [0.2, 0.25) is 0 Å². The van der Waals surface area contributed by atoms with Gasteiger partial charge in [0.25, 0.3) is 0 Å². The van der Waals surface area contributed by atoms with Gasteiger partial charge in [-0.05, 0) is 37.0 Å². The van der Waals surface area contributed by atoms with Crippen LogP contribution in [0.15, 0.2) is 18.2 Å². The van der Waals surface area contributed by atoms with Gasteiger partial charge >= 0.3 is 5.97 Å². The van der Waals surface area contributed by atoms with E-state index in [4.69, 9.17) is 5.11 Å². The van der Waals surface area contributed by atoms with Crippen molar-refractivity contribution in [2.24, 2.45) is 5.92 Å². The van der Waals surface area contributed by atoms with E-state index in [2.05, 4.69) is 23.5 Å². The van der Waals surface area contributed by atoms with E-state index in [0.717, 1.165) is 5.69 Å². The van der Waals surface area contributed by atoms with E-state index in [1.165, 1.54) is 11.1 Å². The van der Waals surface area contributed by atoms with Crippen molar-refractivity contribution in [3.05, 3.63) is 29.3 Å². The Morgan fingerprint density at radius 3 is 2.75 bits per heavy atom. The fraction of sp³-hybridized carbons (Fsp3) is 0.462. The van der Waals surface area contributed by atoms with Crippen molar-refractivity contribution < 1.29 is 9.90 Å². The summed E-state index contributed by atoms with van der Waals surface area (Å²) < 4.78 is 0. The number of carboxylic acids is 1. The predicted octanol–water partition coefficient (Wildman–Crippen LogP) is 2.83. The Kier molecular flexibility index (Phi) is 4.35. The molecule has 1 aromatic rings. The number of aliphatic carboxylic acids is 1. The van der Waals surface area contributed by atoms with E-state index in [0.29, 0.717) is 6.54 Å². The molecule has 1 aromatic carbocycles. The zero-order valence-corrected chi connectivity index (χ0v) is 10.1. The smallest absolute Gasteiger partial charge is 0.303 e. The highest BCUT2D eigenvalue weighted by Crippen LogP contribution is 2.17. The number of carboxylic acid groups (broad SMARTS) is 1. The number of benzene rings is 1. The summed E-state index contributed by atoms with van der Waals surface area (Å²) in [7, 11) is 0. The summed E-state index contributed by atoms with van der Waals surface area (Å²) in [5, 5.41) is 11.9. The maximum absolute atomic E-state index is 10.5. The number of aryl methyl sites for hydroxylation is 2. The highest BCUT2D eigenvalue weighted by atomic mass is 16.4. The number of hydrogen-bond donors (Lipinski definition) is 2. The first-order valence-electron chi connectivity index (χ1n) is 5.52. The Morgan fingerprint density at radius 2 is 2.12 bits per heavy atom. The van der Waals surface area contributed by atoms with Crippen LogP contribution in [0.3, 0.4) is 0 Å². The minimum absolute atomic E-state index is 0.136. The van der Waals surface area contributed by atoms with Crippen LogP contribution in [0.5, 0.6) is 0 Å². The first kappa shape index (κ1) is 12.6. The molecular weight excluding hydrogens is 202 g/mol. The van der Waals surface area contributed by atoms with Gasteiger partial charge < -0.3 is 10.4 Å². The molecule has 0 radical (unpaired) electrons. The van der Waals surface area contributed by atoms with Gasteiger partial charge in [0.15, 0.2) is 0 Å². The minimum Gasteiger partial charge on any atom is -0.481 e. The van der Waals surface area contributed by atoms with Crippen LogP contribution in [-0.4, -0.2) is 17.6 Å². The van der Waals surface area contributed by atoms with Crippen LogP contribution in [0.1, 0.15) is 24.5 Å². The van der Waals surface area contributed by atoms with Crippen LogP contribution in [0, 0.1) is 19.8 Å². The average Bonchev–Trinajstić information content (AvgIpc) is 2.18. The van der Waals surface area contributed by atoms with Crippen molar-refractivity contribution in [2.75, 3.05) is 11.9 Å². The lowest BCUT2D eigenvalue weighted by Crippen LogP contribution is -2.15. The van der Waals surface area contributed by atoms with Crippen LogP contribution >= 0.6 is 0 Å². The molecule has 0 amide bonds. The van der Waals surface area contributed by atoms with Crippen molar-refractivity contribution in [1.29, 1.82) is 0 Å². The minimum atomic E-state index is -0.740. The lowest BCUT2D eigenvalue weighted by molar-refractivity contribution is -0.137. The van der Waals surface area contributed by atoms with Gasteiger partial charge in [-0.1, -0.05) is 19.1 Å². The molecule has 0 aromatic heterocycles. The topological polar surface area (TPSA) is 49.3 Å². The number of rotatable bonds is 5. The first-order valence-corrected chi connectivity index (χ1v) is 5.52. The second-order valence-corrected chi connectivity index (χ2v) is 4.40. The van der Waals surface area contributed by atoms with Gasteiger partial charge in [0, 0.05) is 18.7 Å². The lowest BCUT2D eigenvalue weighted by Gasteiger charge is -2.14. The average molecular weight is 221 g/mol. The van der Waals surface area contributed by atoms with Gasteiger partial charge in [0.2, 0.25) is 0 Å². The fourth-order valence-electron chi connectivity index (χ4n) is 1.58. The molecule has 0 fully saturated rings. The quantitative estimate of drug-likeness (QED) is 0.803. The van der Waals surface area contributed by atoms with E-state index < -0.39 is 5.97 Å². The van der Waals surface area contributed by atoms with E-state index in [9.17, 15) is 4.79 Å². The second-order valence-electron chi connectivity index (χ2n) is 4.40. The molecule has 0 saturated carbocycles. The molecule has 88 valence electrons. The zero-order valence-electron chi connectivity index (χ0n) is 10.1. The van der Waals surface area contributed by atoms with Gasteiger partial charge in [0.05, 0.1) is 0 Å². The third-order valence-electron chi connectivity index (χ3n) is 2.56. The SMILES string of the molecule is Cc1ccc(C)c(NCC(C)CC(=O)O)c1. The second kappa shape index (κ2) is 5.54. The van der Waals surface area contributed by atoms with Crippen molar-refractivity contribution in [1.82, 2.24) is 0 Å². The number of anilines is 1. The predicted molar refractivity (Wildman–Crippen MR) is 65.8 cm³/mol.